The second-order valence-electron chi connectivity index (χ2n) is 5.83. The first kappa shape index (κ1) is 17.4. The van der Waals surface area contributed by atoms with Crippen molar-refractivity contribution >= 4 is 28.8 Å². The minimum absolute atomic E-state index is 0.0260. The number of carbonyl (C=O) groups excluding carboxylic acids is 1. The van der Waals surface area contributed by atoms with Gasteiger partial charge in [0.2, 0.25) is 5.89 Å². The highest BCUT2D eigenvalue weighted by atomic mass is 32.2. The maximum atomic E-state index is 12.5. The molecule has 0 fully saturated rings. The Labute approximate surface area is 159 Å². The number of allylic oxidation sites excluding steroid dienone is 1. The van der Waals surface area contributed by atoms with E-state index in [1.807, 2.05) is 6.08 Å². The van der Waals surface area contributed by atoms with Crippen molar-refractivity contribution in [2.24, 2.45) is 0 Å². The summed E-state index contributed by atoms with van der Waals surface area (Å²) in [6, 6.07) is 6.85. The molecule has 3 aromatic rings. The standard InChI is InChI=1S/C19H17N3O4S/c1-24-14-4-3-11(9-15(14)25-2)18(23)22-17-6-5-16(27-17)19-21-12-10-20-8-7-13(12)26-19/h3-4,6-10,16H,5H2,1-2H3,(H,22,23). The average Bonchev–Trinajstić information content (AvgIpc) is 3.33. The summed E-state index contributed by atoms with van der Waals surface area (Å²) in [4.78, 5) is 21.1. The molecule has 1 unspecified atom stereocenters. The summed E-state index contributed by atoms with van der Waals surface area (Å²) in [5.41, 5.74) is 1.94. The smallest absolute Gasteiger partial charge is 0.256 e. The van der Waals surface area contributed by atoms with E-state index in [0.29, 0.717) is 28.5 Å². The zero-order chi connectivity index (χ0) is 18.8. The van der Waals surface area contributed by atoms with Crippen molar-refractivity contribution in [1.29, 1.82) is 0 Å². The molecule has 0 bridgehead atoms. The number of amides is 1. The maximum absolute atomic E-state index is 12.5. The number of rotatable bonds is 5. The molecule has 1 aliphatic rings. The fraction of sp³-hybridized carbons (Fsp3) is 0.211. The Hall–Kier alpha value is -3.00. The number of fused-ring (bicyclic) bond motifs is 1. The van der Waals surface area contributed by atoms with Gasteiger partial charge >= 0.3 is 0 Å². The van der Waals surface area contributed by atoms with Crippen LogP contribution in [0.2, 0.25) is 0 Å². The van der Waals surface area contributed by atoms with Crippen LogP contribution in [-0.2, 0) is 0 Å². The van der Waals surface area contributed by atoms with Crippen LogP contribution in [0.15, 0.2) is 52.2 Å². The van der Waals surface area contributed by atoms with Gasteiger partial charge in [-0.1, -0.05) is 17.8 Å². The van der Waals surface area contributed by atoms with E-state index >= 15 is 0 Å². The maximum Gasteiger partial charge on any atom is 0.256 e. The monoisotopic (exact) mass is 383 g/mol. The highest BCUT2D eigenvalue weighted by molar-refractivity contribution is 8.03. The summed E-state index contributed by atoms with van der Waals surface area (Å²) in [5, 5.41) is 3.73. The molecule has 1 N–H and O–H groups in total. The number of oxazole rings is 1. The highest BCUT2D eigenvalue weighted by Crippen LogP contribution is 2.42. The molecule has 2 aromatic heterocycles. The molecule has 1 aromatic carbocycles. The molecule has 0 radical (unpaired) electrons. The number of hydrogen-bond acceptors (Lipinski definition) is 7. The molecule has 0 spiro atoms. The Kier molecular flexibility index (Phi) is 4.72. The first-order valence-corrected chi connectivity index (χ1v) is 9.16. The van der Waals surface area contributed by atoms with Crippen molar-refractivity contribution in [3.8, 4) is 11.5 Å². The third kappa shape index (κ3) is 3.48. The van der Waals surface area contributed by atoms with Gasteiger partial charge in [-0.2, -0.15) is 0 Å². The second-order valence-corrected chi connectivity index (χ2v) is 7.07. The van der Waals surface area contributed by atoms with Crippen molar-refractivity contribution in [3.05, 3.63) is 59.2 Å². The molecule has 8 heteroatoms. The van der Waals surface area contributed by atoms with E-state index < -0.39 is 0 Å². The van der Waals surface area contributed by atoms with Crippen LogP contribution in [0, 0.1) is 0 Å². The van der Waals surface area contributed by atoms with Crippen molar-refractivity contribution < 1.29 is 18.7 Å². The van der Waals surface area contributed by atoms with Gasteiger partial charge in [0.25, 0.3) is 5.91 Å². The minimum Gasteiger partial charge on any atom is -0.493 e. The van der Waals surface area contributed by atoms with Gasteiger partial charge in [0.1, 0.15) is 5.52 Å². The Morgan fingerprint density at radius 1 is 1.26 bits per heavy atom. The Morgan fingerprint density at radius 3 is 2.89 bits per heavy atom. The van der Waals surface area contributed by atoms with E-state index in [4.69, 9.17) is 13.9 Å². The Morgan fingerprint density at radius 2 is 2.11 bits per heavy atom. The normalized spacial score (nSPS) is 16.2. The van der Waals surface area contributed by atoms with Gasteiger partial charge in [-0.15, -0.1) is 0 Å². The number of nitrogens with one attached hydrogen (secondary N) is 1. The number of methoxy groups -OCH3 is 2. The number of ether oxygens (including phenoxy) is 2. The molecule has 0 saturated heterocycles. The van der Waals surface area contributed by atoms with E-state index in [0.717, 1.165) is 17.0 Å². The van der Waals surface area contributed by atoms with Crippen LogP contribution in [0.25, 0.3) is 11.1 Å². The van der Waals surface area contributed by atoms with Crippen LogP contribution in [0.1, 0.15) is 27.9 Å². The lowest BCUT2D eigenvalue weighted by Gasteiger charge is -2.11. The minimum atomic E-state index is -0.211. The van der Waals surface area contributed by atoms with Crippen LogP contribution < -0.4 is 14.8 Å². The van der Waals surface area contributed by atoms with Crippen molar-refractivity contribution in [2.75, 3.05) is 14.2 Å². The van der Waals surface area contributed by atoms with Crippen molar-refractivity contribution in [3.63, 3.8) is 0 Å². The van der Waals surface area contributed by atoms with Crippen LogP contribution in [-0.4, -0.2) is 30.1 Å². The fourth-order valence-corrected chi connectivity index (χ4v) is 3.84. The Balaban J connectivity index is 1.44. The van der Waals surface area contributed by atoms with Crippen LogP contribution in [0.4, 0.5) is 0 Å². The number of aromatic nitrogens is 2. The summed E-state index contributed by atoms with van der Waals surface area (Å²) in [7, 11) is 3.09. The van der Waals surface area contributed by atoms with E-state index in [-0.39, 0.29) is 11.2 Å². The molecule has 1 aliphatic heterocycles. The number of hydrogen-bond donors (Lipinski definition) is 1. The summed E-state index contributed by atoms with van der Waals surface area (Å²) >= 11 is 1.52. The third-order valence-corrected chi connectivity index (χ3v) is 5.35. The SMILES string of the molecule is COc1ccc(C(=O)NC2=CCC(c3nc4cnccc4o3)S2)cc1OC. The van der Waals surface area contributed by atoms with Crippen LogP contribution >= 0.6 is 11.8 Å². The lowest BCUT2D eigenvalue weighted by molar-refractivity contribution is 0.0968. The predicted octanol–water partition coefficient (Wildman–Crippen LogP) is 3.69. The summed E-state index contributed by atoms with van der Waals surface area (Å²) < 4.78 is 16.2. The first-order chi connectivity index (χ1) is 13.2. The van der Waals surface area contributed by atoms with Gasteiger partial charge in [0.05, 0.1) is 30.7 Å². The van der Waals surface area contributed by atoms with Gasteiger partial charge in [-0.05, 0) is 24.6 Å². The molecular weight excluding hydrogens is 366 g/mol. The quantitative estimate of drug-likeness (QED) is 0.719. The van der Waals surface area contributed by atoms with Gasteiger partial charge in [-0.25, -0.2) is 4.98 Å². The molecule has 27 heavy (non-hydrogen) atoms. The average molecular weight is 383 g/mol. The number of nitrogens with zero attached hydrogens (tertiary/aromatic N) is 2. The van der Waals surface area contributed by atoms with E-state index in [1.54, 1.807) is 43.8 Å². The van der Waals surface area contributed by atoms with Gasteiger partial charge in [-0.3, -0.25) is 9.78 Å². The molecule has 0 aliphatic carbocycles. The van der Waals surface area contributed by atoms with E-state index in [2.05, 4.69) is 15.3 Å². The largest absolute Gasteiger partial charge is 0.493 e. The van der Waals surface area contributed by atoms with E-state index in [1.165, 1.54) is 18.9 Å². The zero-order valence-electron chi connectivity index (χ0n) is 14.8. The highest BCUT2D eigenvalue weighted by Gasteiger charge is 2.26. The lowest BCUT2D eigenvalue weighted by atomic mass is 10.2. The molecule has 3 heterocycles. The molecule has 4 rings (SSSR count). The van der Waals surface area contributed by atoms with E-state index in [9.17, 15) is 4.79 Å². The number of carbonyl (C=O) groups is 1. The number of pyridine rings is 1. The summed E-state index contributed by atoms with van der Waals surface area (Å²) in [6.45, 7) is 0. The van der Waals surface area contributed by atoms with Gasteiger partial charge in [0, 0.05) is 17.8 Å². The van der Waals surface area contributed by atoms with Crippen molar-refractivity contribution in [1.82, 2.24) is 15.3 Å². The number of benzene rings is 1. The second kappa shape index (κ2) is 7.32. The number of thioether (sulfide) groups is 1. The molecule has 138 valence electrons. The third-order valence-electron chi connectivity index (χ3n) is 4.15. The fourth-order valence-electron chi connectivity index (χ4n) is 2.79. The molecule has 0 saturated carbocycles. The first-order valence-electron chi connectivity index (χ1n) is 8.28. The molecule has 7 nitrogen and oxygen atoms in total. The lowest BCUT2D eigenvalue weighted by Crippen LogP contribution is -2.20. The molecular formula is C19H17N3O4S. The zero-order valence-corrected chi connectivity index (χ0v) is 15.6. The van der Waals surface area contributed by atoms with Crippen LogP contribution in [0.5, 0.6) is 11.5 Å². The predicted molar refractivity (Wildman–Crippen MR) is 102 cm³/mol. The van der Waals surface area contributed by atoms with Gasteiger partial charge < -0.3 is 19.2 Å². The molecule has 1 atom stereocenters. The van der Waals surface area contributed by atoms with Gasteiger partial charge in [0.15, 0.2) is 17.1 Å². The summed E-state index contributed by atoms with van der Waals surface area (Å²) in [6.07, 6.45) is 6.05. The van der Waals surface area contributed by atoms with Crippen molar-refractivity contribution in [2.45, 2.75) is 11.7 Å². The summed E-state index contributed by atoms with van der Waals surface area (Å²) in [5.74, 6) is 1.51. The topological polar surface area (TPSA) is 86.5 Å². The Bertz CT molecular complexity index is 998. The molecule has 1 amide bonds. The van der Waals surface area contributed by atoms with Crippen LogP contribution in [0.3, 0.4) is 0 Å².